The van der Waals surface area contributed by atoms with E-state index >= 15 is 0 Å². The number of nitrogens with zero attached hydrogens (tertiary/aromatic N) is 3. The molecule has 2 aromatic carbocycles. The Bertz CT molecular complexity index is 804. The van der Waals surface area contributed by atoms with E-state index in [9.17, 15) is 0 Å². The fourth-order valence-electron chi connectivity index (χ4n) is 2.20. The molecule has 0 aliphatic carbocycles. The van der Waals surface area contributed by atoms with Gasteiger partial charge in [0.15, 0.2) is 5.82 Å². The molecule has 0 atom stereocenters. The quantitative estimate of drug-likeness (QED) is 0.692. The zero-order valence-corrected chi connectivity index (χ0v) is 12.7. The van der Waals surface area contributed by atoms with Crippen LogP contribution in [0.25, 0.3) is 17.1 Å². The van der Waals surface area contributed by atoms with Crippen LogP contribution in [0.3, 0.4) is 0 Å². The number of aryl methyl sites for hydroxylation is 1. The second kappa shape index (κ2) is 5.54. The van der Waals surface area contributed by atoms with Gasteiger partial charge in [-0.05, 0) is 36.5 Å². The lowest BCUT2D eigenvalue weighted by Crippen LogP contribution is -1.98. The van der Waals surface area contributed by atoms with E-state index < -0.39 is 0 Å². The van der Waals surface area contributed by atoms with Gasteiger partial charge in [-0.15, -0.1) is 0 Å². The number of hydrogen-bond acceptors (Lipinski definition) is 3. The highest BCUT2D eigenvalue weighted by atomic mass is 32.1. The largest absolute Gasteiger partial charge is 0.497 e. The Hall–Kier alpha value is -2.40. The van der Waals surface area contributed by atoms with Crippen molar-refractivity contribution >= 4 is 12.2 Å². The number of aromatic nitrogens is 3. The van der Waals surface area contributed by atoms with Crippen molar-refractivity contribution in [3.63, 3.8) is 0 Å². The van der Waals surface area contributed by atoms with Gasteiger partial charge in [-0.25, -0.2) is 4.68 Å². The van der Waals surface area contributed by atoms with E-state index in [0.29, 0.717) is 4.77 Å². The SMILES string of the molecule is COc1ccc(-n2c(-c3ccccc3)nn(C)c2=S)cc1. The molecule has 3 rings (SSSR count). The van der Waals surface area contributed by atoms with Gasteiger partial charge in [-0.1, -0.05) is 30.3 Å². The first kappa shape index (κ1) is 13.6. The molecule has 0 bridgehead atoms. The Morgan fingerprint density at radius 3 is 2.29 bits per heavy atom. The second-order valence-corrected chi connectivity index (χ2v) is 4.99. The molecule has 0 radical (unpaired) electrons. The molecule has 21 heavy (non-hydrogen) atoms. The van der Waals surface area contributed by atoms with Crippen LogP contribution in [0.2, 0.25) is 0 Å². The van der Waals surface area contributed by atoms with Gasteiger partial charge in [0.05, 0.1) is 12.8 Å². The molecule has 106 valence electrons. The monoisotopic (exact) mass is 297 g/mol. The third-order valence-corrected chi connectivity index (χ3v) is 3.73. The fraction of sp³-hybridized carbons (Fsp3) is 0.125. The molecule has 0 spiro atoms. The highest BCUT2D eigenvalue weighted by Crippen LogP contribution is 2.23. The van der Waals surface area contributed by atoms with E-state index in [1.165, 1.54) is 0 Å². The van der Waals surface area contributed by atoms with Crippen LogP contribution >= 0.6 is 12.2 Å². The van der Waals surface area contributed by atoms with Crippen molar-refractivity contribution < 1.29 is 4.74 Å². The lowest BCUT2D eigenvalue weighted by atomic mass is 10.2. The van der Waals surface area contributed by atoms with Gasteiger partial charge >= 0.3 is 0 Å². The van der Waals surface area contributed by atoms with Gasteiger partial charge in [0.25, 0.3) is 0 Å². The van der Waals surface area contributed by atoms with Gasteiger partial charge in [0.2, 0.25) is 4.77 Å². The van der Waals surface area contributed by atoms with Crippen LogP contribution in [0, 0.1) is 4.77 Å². The molecule has 0 N–H and O–H groups in total. The molecule has 0 aliphatic heterocycles. The summed E-state index contributed by atoms with van der Waals surface area (Å²) >= 11 is 5.49. The molecule has 0 amide bonds. The van der Waals surface area contributed by atoms with E-state index in [-0.39, 0.29) is 0 Å². The second-order valence-electron chi connectivity index (χ2n) is 4.63. The lowest BCUT2D eigenvalue weighted by molar-refractivity contribution is 0.414. The molecule has 1 aromatic heterocycles. The van der Waals surface area contributed by atoms with Gasteiger partial charge in [-0.2, -0.15) is 5.10 Å². The maximum absolute atomic E-state index is 5.49. The zero-order chi connectivity index (χ0) is 14.8. The molecular weight excluding hydrogens is 282 g/mol. The normalized spacial score (nSPS) is 10.6. The highest BCUT2D eigenvalue weighted by molar-refractivity contribution is 7.71. The van der Waals surface area contributed by atoms with E-state index in [4.69, 9.17) is 17.0 Å². The van der Waals surface area contributed by atoms with Crippen LogP contribution in [0.5, 0.6) is 5.75 Å². The van der Waals surface area contributed by atoms with Crippen molar-refractivity contribution in [1.82, 2.24) is 14.3 Å². The first-order valence-electron chi connectivity index (χ1n) is 6.56. The Morgan fingerprint density at radius 1 is 1.00 bits per heavy atom. The van der Waals surface area contributed by atoms with Gasteiger partial charge < -0.3 is 4.74 Å². The van der Waals surface area contributed by atoms with Crippen LogP contribution < -0.4 is 4.74 Å². The van der Waals surface area contributed by atoms with Crippen LogP contribution in [0.4, 0.5) is 0 Å². The van der Waals surface area contributed by atoms with Gasteiger partial charge in [0.1, 0.15) is 5.75 Å². The van der Waals surface area contributed by atoms with Crippen molar-refractivity contribution in [2.45, 2.75) is 0 Å². The Labute approximate surface area is 128 Å². The molecule has 4 nitrogen and oxygen atoms in total. The minimum Gasteiger partial charge on any atom is -0.497 e. The topological polar surface area (TPSA) is 32.0 Å². The summed E-state index contributed by atoms with van der Waals surface area (Å²) in [4.78, 5) is 0. The number of rotatable bonds is 3. The lowest BCUT2D eigenvalue weighted by Gasteiger charge is -2.07. The molecule has 0 aliphatic rings. The number of ether oxygens (including phenoxy) is 1. The van der Waals surface area contributed by atoms with Crippen LogP contribution in [0.15, 0.2) is 54.6 Å². The predicted octanol–water partition coefficient (Wildman–Crippen LogP) is 3.62. The highest BCUT2D eigenvalue weighted by Gasteiger charge is 2.12. The molecule has 3 aromatic rings. The molecule has 0 unspecified atom stereocenters. The summed E-state index contributed by atoms with van der Waals surface area (Å²) in [5.41, 5.74) is 1.99. The third-order valence-electron chi connectivity index (χ3n) is 3.29. The number of methoxy groups -OCH3 is 1. The average molecular weight is 297 g/mol. The molecule has 1 heterocycles. The van der Waals surface area contributed by atoms with E-state index in [1.54, 1.807) is 11.8 Å². The summed E-state index contributed by atoms with van der Waals surface area (Å²) in [6.45, 7) is 0. The van der Waals surface area contributed by atoms with E-state index in [1.807, 2.05) is 66.2 Å². The molecule has 0 fully saturated rings. The summed E-state index contributed by atoms with van der Waals surface area (Å²) in [7, 11) is 3.51. The molecule has 0 saturated heterocycles. The van der Waals surface area contributed by atoms with Crippen molar-refractivity contribution in [3.05, 3.63) is 59.4 Å². The Kier molecular flexibility index (Phi) is 3.58. The smallest absolute Gasteiger partial charge is 0.202 e. The standard InChI is InChI=1S/C16H15N3OS/c1-18-16(21)19(13-8-10-14(20-2)11-9-13)15(17-18)12-6-4-3-5-7-12/h3-11H,1-2H3. The van der Waals surface area contributed by atoms with Gasteiger partial charge in [-0.3, -0.25) is 4.57 Å². The number of benzene rings is 2. The summed E-state index contributed by atoms with van der Waals surface area (Å²) in [5.74, 6) is 1.64. The van der Waals surface area contributed by atoms with E-state index in [2.05, 4.69) is 5.10 Å². The van der Waals surface area contributed by atoms with Gasteiger partial charge in [0, 0.05) is 12.6 Å². The minimum absolute atomic E-state index is 0.652. The predicted molar refractivity (Wildman–Crippen MR) is 85.4 cm³/mol. The first-order valence-corrected chi connectivity index (χ1v) is 6.97. The maximum atomic E-state index is 5.49. The molecular formula is C16H15N3OS. The summed E-state index contributed by atoms with van der Waals surface area (Å²) in [6.07, 6.45) is 0. The third kappa shape index (κ3) is 2.48. The van der Waals surface area contributed by atoms with Crippen molar-refractivity contribution in [3.8, 4) is 22.8 Å². The van der Waals surface area contributed by atoms with Crippen LogP contribution in [-0.4, -0.2) is 21.5 Å². The summed E-state index contributed by atoms with van der Waals surface area (Å²) < 4.78 is 9.52. The Morgan fingerprint density at radius 2 is 1.67 bits per heavy atom. The van der Waals surface area contributed by atoms with Crippen molar-refractivity contribution in [1.29, 1.82) is 0 Å². The Balaban J connectivity index is 2.19. The van der Waals surface area contributed by atoms with Crippen LogP contribution in [0.1, 0.15) is 0 Å². The number of hydrogen-bond donors (Lipinski definition) is 0. The molecule has 5 heteroatoms. The van der Waals surface area contributed by atoms with Crippen molar-refractivity contribution in [2.75, 3.05) is 7.11 Å². The van der Waals surface area contributed by atoms with Crippen LogP contribution in [-0.2, 0) is 7.05 Å². The first-order chi connectivity index (χ1) is 10.2. The fourth-order valence-corrected chi connectivity index (χ4v) is 2.44. The van der Waals surface area contributed by atoms with Crippen molar-refractivity contribution in [2.24, 2.45) is 7.05 Å². The maximum Gasteiger partial charge on any atom is 0.202 e. The average Bonchev–Trinajstić information content (AvgIpc) is 2.84. The van der Waals surface area contributed by atoms with E-state index in [0.717, 1.165) is 22.8 Å². The zero-order valence-electron chi connectivity index (χ0n) is 11.9. The minimum atomic E-state index is 0.652. The molecule has 0 saturated carbocycles. The summed E-state index contributed by atoms with van der Waals surface area (Å²) in [5, 5.41) is 4.54. The summed E-state index contributed by atoms with van der Waals surface area (Å²) in [6, 6.07) is 17.8.